The van der Waals surface area contributed by atoms with Gasteiger partial charge in [-0.25, -0.2) is 0 Å². The summed E-state index contributed by atoms with van der Waals surface area (Å²) in [6.45, 7) is 5.88. The molecule has 3 nitrogen and oxygen atoms in total. The van der Waals surface area contributed by atoms with Gasteiger partial charge in [0.15, 0.2) is 0 Å². The molecule has 0 aliphatic heterocycles. The summed E-state index contributed by atoms with van der Waals surface area (Å²) in [7, 11) is 1.95. The average molecular weight is 202 g/mol. The van der Waals surface area contributed by atoms with Crippen LogP contribution in [0.2, 0.25) is 5.02 Å². The van der Waals surface area contributed by atoms with Gasteiger partial charge in [-0.15, -0.1) is 0 Å². The quantitative estimate of drug-likeness (QED) is 0.753. The fourth-order valence-electron chi connectivity index (χ4n) is 1.30. The summed E-state index contributed by atoms with van der Waals surface area (Å²) in [5.74, 6) is 0. The van der Waals surface area contributed by atoms with Crippen molar-refractivity contribution in [3.63, 3.8) is 0 Å². The number of halogens is 1. The molecule has 0 bridgehead atoms. The van der Waals surface area contributed by atoms with Crippen LogP contribution in [0.15, 0.2) is 0 Å². The van der Waals surface area contributed by atoms with Gasteiger partial charge in [0.25, 0.3) is 0 Å². The van der Waals surface area contributed by atoms with Gasteiger partial charge in [0.05, 0.1) is 16.4 Å². The zero-order chi connectivity index (χ0) is 9.84. The molecule has 0 fully saturated rings. The van der Waals surface area contributed by atoms with E-state index in [4.69, 9.17) is 11.6 Å². The second kappa shape index (κ2) is 4.63. The molecule has 0 saturated carbocycles. The molecule has 0 aliphatic rings. The summed E-state index contributed by atoms with van der Waals surface area (Å²) in [6.07, 6.45) is 1.08. The summed E-state index contributed by atoms with van der Waals surface area (Å²) in [6, 6.07) is 0. The van der Waals surface area contributed by atoms with E-state index in [0.717, 1.165) is 35.9 Å². The van der Waals surface area contributed by atoms with Crippen molar-refractivity contribution in [2.75, 3.05) is 13.6 Å². The Morgan fingerprint density at radius 2 is 2.15 bits per heavy atom. The summed E-state index contributed by atoms with van der Waals surface area (Å²) in [5.41, 5.74) is 1.99. The molecule has 0 amide bonds. The van der Waals surface area contributed by atoms with Gasteiger partial charge in [-0.05, 0) is 33.9 Å². The fourth-order valence-corrected chi connectivity index (χ4v) is 1.43. The van der Waals surface area contributed by atoms with E-state index in [1.165, 1.54) is 0 Å². The van der Waals surface area contributed by atoms with Crippen molar-refractivity contribution < 1.29 is 0 Å². The molecule has 0 atom stereocenters. The van der Waals surface area contributed by atoms with Crippen molar-refractivity contribution in [3.05, 3.63) is 16.4 Å². The summed E-state index contributed by atoms with van der Waals surface area (Å²) in [5, 5.41) is 8.24. The van der Waals surface area contributed by atoms with Crippen molar-refractivity contribution in [3.8, 4) is 0 Å². The molecule has 0 spiro atoms. The Morgan fingerprint density at radius 1 is 1.46 bits per heavy atom. The zero-order valence-corrected chi connectivity index (χ0v) is 9.15. The topological polar surface area (TPSA) is 29.9 Å². The number of aromatic nitrogens is 2. The van der Waals surface area contributed by atoms with Crippen LogP contribution in [0.4, 0.5) is 0 Å². The minimum Gasteiger partial charge on any atom is -0.320 e. The Hall–Kier alpha value is -0.540. The van der Waals surface area contributed by atoms with E-state index in [2.05, 4.69) is 10.4 Å². The molecule has 1 aromatic heterocycles. The number of hydrogen-bond donors (Lipinski definition) is 1. The third-order valence-corrected chi connectivity index (χ3v) is 2.64. The van der Waals surface area contributed by atoms with Crippen LogP contribution in [0.3, 0.4) is 0 Å². The van der Waals surface area contributed by atoms with E-state index in [9.17, 15) is 0 Å². The molecule has 0 saturated heterocycles. The highest BCUT2D eigenvalue weighted by Crippen LogP contribution is 2.18. The van der Waals surface area contributed by atoms with Crippen molar-refractivity contribution in [2.45, 2.75) is 26.8 Å². The van der Waals surface area contributed by atoms with Gasteiger partial charge < -0.3 is 5.32 Å². The molecular formula is C9H16ClN3. The SMILES string of the molecule is CNCCCn1nc(C)c(Cl)c1C. The zero-order valence-electron chi connectivity index (χ0n) is 8.39. The average Bonchev–Trinajstić information content (AvgIpc) is 2.34. The van der Waals surface area contributed by atoms with Crippen LogP contribution in [0.25, 0.3) is 0 Å². The second-order valence-electron chi connectivity index (χ2n) is 3.17. The molecular weight excluding hydrogens is 186 g/mol. The minimum atomic E-state index is 0.796. The fraction of sp³-hybridized carbons (Fsp3) is 0.667. The largest absolute Gasteiger partial charge is 0.320 e. The van der Waals surface area contributed by atoms with E-state index in [1.54, 1.807) is 0 Å². The molecule has 0 radical (unpaired) electrons. The van der Waals surface area contributed by atoms with Gasteiger partial charge in [-0.1, -0.05) is 11.6 Å². The first-order valence-corrected chi connectivity index (χ1v) is 4.88. The van der Waals surface area contributed by atoms with Crippen molar-refractivity contribution in [1.82, 2.24) is 15.1 Å². The van der Waals surface area contributed by atoms with E-state index >= 15 is 0 Å². The molecule has 1 aromatic rings. The van der Waals surface area contributed by atoms with E-state index in [-0.39, 0.29) is 0 Å². The van der Waals surface area contributed by atoms with Crippen LogP contribution in [-0.4, -0.2) is 23.4 Å². The summed E-state index contributed by atoms with van der Waals surface area (Å²) < 4.78 is 1.97. The lowest BCUT2D eigenvalue weighted by Crippen LogP contribution is -2.12. The Balaban J connectivity index is 2.61. The van der Waals surface area contributed by atoms with Crippen LogP contribution in [0.1, 0.15) is 17.8 Å². The molecule has 1 heterocycles. The lowest BCUT2D eigenvalue weighted by Gasteiger charge is -2.03. The van der Waals surface area contributed by atoms with Gasteiger partial charge in [0.2, 0.25) is 0 Å². The Labute approximate surface area is 84.1 Å². The Kier molecular flexibility index (Phi) is 3.75. The minimum absolute atomic E-state index is 0.796. The number of nitrogens with one attached hydrogen (secondary N) is 1. The van der Waals surface area contributed by atoms with Gasteiger partial charge in [0, 0.05) is 6.54 Å². The van der Waals surface area contributed by atoms with Crippen molar-refractivity contribution in [2.24, 2.45) is 0 Å². The molecule has 1 N–H and O–H groups in total. The molecule has 13 heavy (non-hydrogen) atoms. The van der Waals surface area contributed by atoms with Gasteiger partial charge in [0.1, 0.15) is 0 Å². The number of hydrogen-bond acceptors (Lipinski definition) is 2. The van der Waals surface area contributed by atoms with Crippen LogP contribution in [-0.2, 0) is 6.54 Å². The van der Waals surface area contributed by atoms with Crippen molar-refractivity contribution in [1.29, 1.82) is 0 Å². The van der Waals surface area contributed by atoms with E-state index in [0.29, 0.717) is 0 Å². The molecule has 0 unspecified atom stereocenters. The first-order chi connectivity index (χ1) is 6.16. The second-order valence-corrected chi connectivity index (χ2v) is 3.54. The molecule has 0 aliphatic carbocycles. The summed E-state index contributed by atoms with van der Waals surface area (Å²) in [4.78, 5) is 0. The lowest BCUT2D eigenvalue weighted by atomic mass is 10.4. The van der Waals surface area contributed by atoms with Gasteiger partial charge in [-0.2, -0.15) is 5.10 Å². The highest BCUT2D eigenvalue weighted by Gasteiger charge is 2.07. The molecule has 4 heteroatoms. The van der Waals surface area contributed by atoms with Gasteiger partial charge >= 0.3 is 0 Å². The smallest absolute Gasteiger partial charge is 0.0844 e. The number of rotatable bonds is 4. The maximum Gasteiger partial charge on any atom is 0.0844 e. The Bertz CT molecular complexity index is 281. The number of aryl methyl sites for hydroxylation is 2. The highest BCUT2D eigenvalue weighted by atomic mass is 35.5. The lowest BCUT2D eigenvalue weighted by molar-refractivity contribution is 0.548. The van der Waals surface area contributed by atoms with Gasteiger partial charge in [-0.3, -0.25) is 4.68 Å². The highest BCUT2D eigenvalue weighted by molar-refractivity contribution is 6.31. The van der Waals surface area contributed by atoms with Crippen LogP contribution >= 0.6 is 11.6 Å². The third-order valence-electron chi connectivity index (χ3n) is 2.09. The monoisotopic (exact) mass is 201 g/mol. The molecule has 74 valence electrons. The normalized spacial score (nSPS) is 10.8. The maximum atomic E-state index is 6.01. The first-order valence-electron chi connectivity index (χ1n) is 4.51. The van der Waals surface area contributed by atoms with Crippen molar-refractivity contribution >= 4 is 11.6 Å². The van der Waals surface area contributed by atoms with E-state index < -0.39 is 0 Å². The van der Waals surface area contributed by atoms with Crippen LogP contribution < -0.4 is 5.32 Å². The standard InChI is InChI=1S/C9H16ClN3/c1-7-9(10)8(2)13(12-7)6-4-5-11-3/h11H,4-6H2,1-3H3. The summed E-state index contributed by atoms with van der Waals surface area (Å²) >= 11 is 6.01. The third kappa shape index (κ3) is 2.45. The van der Waals surface area contributed by atoms with Crippen LogP contribution in [0.5, 0.6) is 0 Å². The predicted octanol–water partition coefficient (Wildman–Crippen LogP) is 1.76. The predicted molar refractivity (Wildman–Crippen MR) is 55.3 cm³/mol. The molecule has 1 rings (SSSR count). The first kappa shape index (κ1) is 10.5. The molecule has 0 aromatic carbocycles. The van der Waals surface area contributed by atoms with Crippen LogP contribution in [0, 0.1) is 13.8 Å². The number of nitrogens with zero attached hydrogens (tertiary/aromatic N) is 2. The maximum absolute atomic E-state index is 6.01. The Morgan fingerprint density at radius 3 is 2.62 bits per heavy atom. The van der Waals surface area contributed by atoms with E-state index in [1.807, 2.05) is 25.6 Å².